The summed E-state index contributed by atoms with van der Waals surface area (Å²) in [6, 6.07) is 2.83. The molecule has 5 heteroatoms. The molecule has 1 aromatic heterocycles. The number of nitrogens with zero attached hydrogens (tertiary/aromatic N) is 1. The molecule has 0 radical (unpaired) electrons. The summed E-state index contributed by atoms with van der Waals surface area (Å²) in [5.41, 5.74) is 0.979. The first-order valence-corrected chi connectivity index (χ1v) is 6.21. The lowest BCUT2D eigenvalue weighted by Gasteiger charge is -2.23. The van der Waals surface area contributed by atoms with Crippen LogP contribution in [0.25, 0.3) is 6.08 Å². The fourth-order valence-electron chi connectivity index (χ4n) is 1.80. The second kappa shape index (κ2) is 7.66. The van der Waals surface area contributed by atoms with Gasteiger partial charge in [0.05, 0.1) is 6.10 Å². The van der Waals surface area contributed by atoms with Crippen molar-refractivity contribution in [2.45, 2.75) is 25.5 Å². The van der Waals surface area contributed by atoms with Crippen molar-refractivity contribution in [1.82, 2.24) is 10.3 Å². The first-order chi connectivity index (χ1) is 9.06. The molecule has 0 aliphatic carbocycles. The topological polar surface area (TPSA) is 82.5 Å². The minimum Gasteiger partial charge on any atom is -0.480 e. The van der Waals surface area contributed by atoms with Gasteiger partial charge in [0, 0.05) is 12.4 Å². The first kappa shape index (κ1) is 15.3. The van der Waals surface area contributed by atoms with Gasteiger partial charge < -0.3 is 15.5 Å². The predicted octanol–water partition coefficient (Wildman–Crippen LogP) is 1.15. The Morgan fingerprint density at radius 3 is 2.84 bits per heavy atom. The molecular weight excluding hydrogens is 244 g/mol. The van der Waals surface area contributed by atoms with E-state index in [4.69, 9.17) is 5.11 Å². The summed E-state index contributed by atoms with van der Waals surface area (Å²) in [6.45, 7) is 1.82. The lowest BCUT2D eigenvalue weighted by molar-refractivity contribution is -0.143. The highest BCUT2D eigenvalue weighted by Gasteiger charge is 2.28. The average molecular weight is 264 g/mol. The van der Waals surface area contributed by atoms with Gasteiger partial charge in [-0.3, -0.25) is 9.78 Å². The molecule has 3 atom stereocenters. The summed E-state index contributed by atoms with van der Waals surface area (Å²) in [5.74, 6) is -1.19. The number of carboxylic acids is 1. The van der Waals surface area contributed by atoms with E-state index >= 15 is 0 Å². The summed E-state index contributed by atoms with van der Waals surface area (Å²) in [4.78, 5) is 14.9. The van der Waals surface area contributed by atoms with Crippen molar-refractivity contribution in [2.24, 2.45) is 5.92 Å². The number of aliphatic hydroxyl groups excluding tert-OH is 1. The van der Waals surface area contributed by atoms with Crippen LogP contribution in [0.1, 0.15) is 18.9 Å². The Morgan fingerprint density at radius 1 is 1.58 bits per heavy atom. The summed E-state index contributed by atoms with van der Waals surface area (Å²) in [7, 11) is 1.53. The maximum Gasteiger partial charge on any atom is 0.323 e. The average Bonchev–Trinajstić information content (AvgIpc) is 2.40. The van der Waals surface area contributed by atoms with Gasteiger partial charge in [-0.2, -0.15) is 0 Å². The molecule has 0 unspecified atom stereocenters. The lowest BCUT2D eigenvalue weighted by Crippen LogP contribution is -2.47. The van der Waals surface area contributed by atoms with Crippen molar-refractivity contribution in [3.8, 4) is 0 Å². The van der Waals surface area contributed by atoms with E-state index in [0.717, 1.165) is 5.56 Å². The second-order valence-corrected chi connectivity index (χ2v) is 4.50. The molecule has 1 rings (SSSR count). The third-order valence-electron chi connectivity index (χ3n) is 3.00. The highest BCUT2D eigenvalue weighted by atomic mass is 16.4. The fraction of sp³-hybridized carbons (Fsp3) is 0.429. The van der Waals surface area contributed by atoms with Gasteiger partial charge in [-0.25, -0.2) is 0 Å². The van der Waals surface area contributed by atoms with Crippen LogP contribution < -0.4 is 5.32 Å². The maximum absolute atomic E-state index is 10.9. The van der Waals surface area contributed by atoms with E-state index in [1.807, 2.05) is 31.2 Å². The number of hydrogen-bond donors (Lipinski definition) is 3. The van der Waals surface area contributed by atoms with Crippen LogP contribution in [0.2, 0.25) is 0 Å². The summed E-state index contributed by atoms with van der Waals surface area (Å²) < 4.78 is 0. The molecule has 1 heterocycles. The summed E-state index contributed by atoms with van der Waals surface area (Å²) >= 11 is 0. The minimum absolute atomic E-state index is 0.151. The zero-order valence-corrected chi connectivity index (χ0v) is 11.2. The fourth-order valence-corrected chi connectivity index (χ4v) is 1.80. The smallest absolute Gasteiger partial charge is 0.323 e. The van der Waals surface area contributed by atoms with Crippen LogP contribution in [0.5, 0.6) is 0 Å². The number of allylic oxidation sites excluding steroid dienone is 1. The molecule has 104 valence electrons. The molecule has 1 aromatic rings. The largest absolute Gasteiger partial charge is 0.480 e. The van der Waals surface area contributed by atoms with Gasteiger partial charge >= 0.3 is 5.97 Å². The van der Waals surface area contributed by atoms with Crippen molar-refractivity contribution < 1.29 is 15.0 Å². The third kappa shape index (κ3) is 4.81. The zero-order chi connectivity index (χ0) is 14.3. The van der Waals surface area contributed by atoms with Crippen molar-refractivity contribution in [3.63, 3.8) is 0 Å². The summed E-state index contributed by atoms with van der Waals surface area (Å²) in [6.07, 6.45) is 6.94. The number of aliphatic carboxylic acids is 1. The molecule has 0 saturated carbocycles. The number of nitrogens with one attached hydrogen (secondary N) is 1. The Bertz CT molecular complexity index is 420. The maximum atomic E-state index is 10.9. The molecule has 3 N–H and O–H groups in total. The minimum atomic E-state index is -1.04. The zero-order valence-electron chi connectivity index (χ0n) is 11.2. The number of aliphatic hydroxyl groups is 1. The van der Waals surface area contributed by atoms with Gasteiger partial charge in [0.1, 0.15) is 6.04 Å². The van der Waals surface area contributed by atoms with Crippen molar-refractivity contribution in [1.29, 1.82) is 0 Å². The quantitative estimate of drug-likeness (QED) is 0.688. The van der Waals surface area contributed by atoms with E-state index in [-0.39, 0.29) is 5.92 Å². The van der Waals surface area contributed by atoms with E-state index in [0.29, 0.717) is 6.42 Å². The molecule has 0 amide bonds. The van der Waals surface area contributed by atoms with E-state index < -0.39 is 18.1 Å². The van der Waals surface area contributed by atoms with Crippen molar-refractivity contribution in [3.05, 3.63) is 36.2 Å². The molecule has 0 saturated heterocycles. The van der Waals surface area contributed by atoms with Crippen molar-refractivity contribution >= 4 is 12.0 Å². The van der Waals surface area contributed by atoms with E-state index in [1.165, 1.54) is 7.05 Å². The predicted molar refractivity (Wildman–Crippen MR) is 73.5 cm³/mol. The Kier molecular flexibility index (Phi) is 6.18. The highest BCUT2D eigenvalue weighted by molar-refractivity contribution is 5.74. The van der Waals surface area contributed by atoms with Crippen LogP contribution in [0.15, 0.2) is 30.6 Å². The number of likely N-dealkylation sites (N-methyl/N-ethyl adjacent to an activating group) is 1. The number of pyridine rings is 1. The molecule has 0 aromatic carbocycles. The molecule has 0 fully saturated rings. The van der Waals surface area contributed by atoms with E-state index in [9.17, 15) is 9.90 Å². The van der Waals surface area contributed by atoms with Gasteiger partial charge in [0.2, 0.25) is 0 Å². The first-order valence-electron chi connectivity index (χ1n) is 6.21. The van der Waals surface area contributed by atoms with Crippen LogP contribution >= 0.6 is 0 Å². The van der Waals surface area contributed by atoms with Gasteiger partial charge in [-0.1, -0.05) is 25.1 Å². The molecular formula is C14H20N2O3. The Labute approximate surface area is 113 Å². The Balaban J connectivity index is 2.53. The number of rotatable bonds is 7. The SMILES string of the molecule is CN[C@H](C(=O)O)[C@H](O)[C@H](C)C/C=C/c1cccnc1. The normalized spacial score (nSPS) is 16.2. The Hall–Kier alpha value is -1.72. The van der Waals surface area contributed by atoms with Gasteiger partial charge in [-0.05, 0) is 31.0 Å². The number of carbonyl (C=O) groups is 1. The molecule has 5 nitrogen and oxygen atoms in total. The van der Waals surface area contributed by atoms with Gasteiger partial charge in [0.15, 0.2) is 0 Å². The highest BCUT2D eigenvalue weighted by Crippen LogP contribution is 2.14. The second-order valence-electron chi connectivity index (χ2n) is 4.50. The summed E-state index contributed by atoms with van der Waals surface area (Å²) in [5, 5.41) is 21.5. The van der Waals surface area contributed by atoms with Crippen LogP contribution in [0, 0.1) is 5.92 Å². The number of hydrogen-bond acceptors (Lipinski definition) is 4. The number of carboxylic acid groups (broad SMARTS) is 1. The van der Waals surface area contributed by atoms with Crippen LogP contribution in [-0.2, 0) is 4.79 Å². The van der Waals surface area contributed by atoms with Gasteiger partial charge in [-0.15, -0.1) is 0 Å². The van der Waals surface area contributed by atoms with Crippen LogP contribution in [0.4, 0.5) is 0 Å². The molecule has 19 heavy (non-hydrogen) atoms. The molecule has 0 spiro atoms. The molecule has 0 bridgehead atoms. The lowest BCUT2D eigenvalue weighted by atomic mass is 9.94. The number of aromatic nitrogens is 1. The van der Waals surface area contributed by atoms with Crippen LogP contribution in [-0.4, -0.2) is 40.4 Å². The Morgan fingerprint density at radius 2 is 2.32 bits per heavy atom. The monoisotopic (exact) mass is 264 g/mol. The molecule has 0 aliphatic rings. The van der Waals surface area contributed by atoms with Crippen LogP contribution in [0.3, 0.4) is 0 Å². The van der Waals surface area contributed by atoms with Gasteiger partial charge in [0.25, 0.3) is 0 Å². The third-order valence-corrected chi connectivity index (χ3v) is 3.00. The van der Waals surface area contributed by atoms with E-state index in [2.05, 4.69) is 10.3 Å². The van der Waals surface area contributed by atoms with E-state index in [1.54, 1.807) is 12.4 Å². The standard InChI is InChI=1S/C14H20N2O3/c1-10(13(17)12(15-2)14(18)19)5-3-6-11-7-4-8-16-9-11/h3-4,6-10,12-13,15,17H,5H2,1-2H3,(H,18,19)/b6-3+/t10-,12+,13-/m1/s1. The van der Waals surface area contributed by atoms with Crippen molar-refractivity contribution in [2.75, 3.05) is 7.05 Å². The molecule has 0 aliphatic heterocycles.